The number of fused-ring (bicyclic) bond motifs is 2. The highest BCUT2D eigenvalue weighted by molar-refractivity contribution is 6.31. The highest BCUT2D eigenvalue weighted by Gasteiger charge is 2.50. The third-order valence-electron chi connectivity index (χ3n) is 6.83. The van der Waals surface area contributed by atoms with Crippen molar-refractivity contribution < 1.29 is 23.8 Å². The summed E-state index contributed by atoms with van der Waals surface area (Å²) >= 11 is 6.34. The Labute approximate surface area is 201 Å². The monoisotopic (exact) mass is 479 g/mol. The van der Waals surface area contributed by atoms with Crippen LogP contribution in [-0.2, 0) is 16.6 Å². The number of benzene rings is 3. The molecule has 5 nitrogen and oxygen atoms in total. The molecule has 0 fully saturated rings. The molecule has 34 heavy (non-hydrogen) atoms. The number of carbonyl (C=O) groups excluding carboxylic acids is 1. The molecule has 174 valence electrons. The second-order valence-electron chi connectivity index (χ2n) is 9.58. The topological polar surface area (TPSA) is 66.8 Å². The van der Waals surface area contributed by atoms with E-state index in [-0.39, 0.29) is 17.2 Å². The normalized spacial score (nSPS) is 20.5. The average molecular weight is 480 g/mol. The van der Waals surface area contributed by atoms with Crippen LogP contribution in [0, 0.1) is 5.82 Å². The Hall–Kier alpha value is -3.38. The van der Waals surface area contributed by atoms with Crippen LogP contribution in [0.1, 0.15) is 54.2 Å². The molecule has 2 aliphatic heterocycles. The van der Waals surface area contributed by atoms with Crippen molar-refractivity contribution in [2.75, 3.05) is 4.90 Å². The fourth-order valence-corrected chi connectivity index (χ4v) is 5.05. The maximum Gasteiger partial charge on any atom is 0.338 e. The van der Waals surface area contributed by atoms with Crippen LogP contribution in [0.5, 0.6) is 5.75 Å². The molecule has 0 aliphatic carbocycles. The van der Waals surface area contributed by atoms with Gasteiger partial charge in [-0.3, -0.25) is 9.69 Å². The van der Waals surface area contributed by atoms with Crippen LogP contribution < -0.4 is 9.64 Å². The number of carboxylic acid groups (broad SMARTS) is 1. The van der Waals surface area contributed by atoms with Gasteiger partial charge in [-0.05, 0) is 92.8 Å². The van der Waals surface area contributed by atoms with Crippen molar-refractivity contribution in [2.24, 2.45) is 0 Å². The molecule has 5 rings (SSSR count). The highest BCUT2D eigenvalue weighted by Crippen LogP contribution is 2.50. The molecule has 1 atom stereocenters. The van der Waals surface area contributed by atoms with Gasteiger partial charge in [-0.2, -0.15) is 0 Å². The van der Waals surface area contributed by atoms with Gasteiger partial charge < -0.3 is 9.84 Å². The number of nitrogens with zero attached hydrogens (tertiary/aromatic N) is 1. The number of rotatable bonds is 3. The summed E-state index contributed by atoms with van der Waals surface area (Å²) in [7, 11) is 0. The lowest BCUT2D eigenvalue weighted by molar-refractivity contribution is -0.120. The molecule has 7 heteroatoms. The van der Waals surface area contributed by atoms with Crippen LogP contribution in [0.3, 0.4) is 0 Å². The molecule has 3 aromatic carbocycles. The maximum absolute atomic E-state index is 14.1. The van der Waals surface area contributed by atoms with E-state index in [1.54, 1.807) is 18.2 Å². The summed E-state index contributed by atoms with van der Waals surface area (Å²) in [5, 5.41) is 9.87. The molecule has 0 saturated heterocycles. The van der Waals surface area contributed by atoms with E-state index in [9.17, 15) is 19.1 Å². The van der Waals surface area contributed by atoms with Gasteiger partial charge in [0.1, 0.15) is 17.2 Å². The molecule has 0 radical (unpaired) electrons. The number of amides is 1. The fourth-order valence-electron chi connectivity index (χ4n) is 4.87. The third kappa shape index (κ3) is 3.36. The summed E-state index contributed by atoms with van der Waals surface area (Å²) < 4.78 is 20.2. The Bertz CT molecular complexity index is 1370. The zero-order chi connectivity index (χ0) is 24.4. The predicted octanol–water partition coefficient (Wildman–Crippen LogP) is 6.27. The number of hydrogen-bond acceptors (Lipinski definition) is 3. The number of halogens is 2. The summed E-state index contributed by atoms with van der Waals surface area (Å²) in [6.07, 6.45) is 1.68. The second-order valence-corrected chi connectivity index (χ2v) is 10.0. The molecule has 0 unspecified atom stereocenters. The highest BCUT2D eigenvalue weighted by atomic mass is 35.5. The van der Waals surface area contributed by atoms with Crippen LogP contribution in [-0.4, -0.2) is 22.6 Å². The quantitative estimate of drug-likeness (QED) is 0.481. The molecule has 0 saturated carbocycles. The molecule has 3 aromatic rings. The Balaban J connectivity index is 1.67. The van der Waals surface area contributed by atoms with Gasteiger partial charge in [0.05, 0.1) is 16.7 Å². The molecular weight excluding hydrogens is 457 g/mol. The van der Waals surface area contributed by atoms with Gasteiger partial charge in [-0.15, -0.1) is 0 Å². The predicted molar refractivity (Wildman–Crippen MR) is 128 cm³/mol. The zero-order valence-corrected chi connectivity index (χ0v) is 19.7. The van der Waals surface area contributed by atoms with E-state index in [4.69, 9.17) is 16.3 Å². The Morgan fingerprint density at radius 1 is 1.09 bits per heavy atom. The van der Waals surface area contributed by atoms with Gasteiger partial charge in [0.25, 0.3) is 0 Å². The lowest BCUT2D eigenvalue weighted by Crippen LogP contribution is -2.37. The van der Waals surface area contributed by atoms with Crippen molar-refractivity contribution in [3.63, 3.8) is 0 Å². The van der Waals surface area contributed by atoms with Crippen molar-refractivity contribution in [1.29, 1.82) is 0 Å². The molecule has 2 heterocycles. The van der Waals surface area contributed by atoms with E-state index in [1.165, 1.54) is 17.0 Å². The number of hydrogen-bond donors (Lipinski definition) is 1. The molecule has 1 N–H and O–H groups in total. The minimum absolute atomic E-state index is 0.247. The maximum atomic E-state index is 14.1. The van der Waals surface area contributed by atoms with E-state index in [0.29, 0.717) is 16.3 Å². The van der Waals surface area contributed by atoms with E-state index in [2.05, 4.69) is 13.8 Å². The van der Waals surface area contributed by atoms with Crippen molar-refractivity contribution in [3.8, 4) is 5.75 Å². The lowest BCUT2D eigenvalue weighted by Gasteiger charge is -2.34. The molecule has 0 spiro atoms. The van der Waals surface area contributed by atoms with Gasteiger partial charge in [-0.25, -0.2) is 9.18 Å². The first-order chi connectivity index (χ1) is 16.0. The number of anilines is 2. The van der Waals surface area contributed by atoms with Gasteiger partial charge in [0.15, 0.2) is 0 Å². The molecule has 2 aliphatic rings. The SMILES string of the molecule is CC1(C)CCc2cc([C@]3(C)C(=O)N(c4ccc(F)c(C(=O)O)c4)c4ccc(Cl)cc43)ccc2O1. The number of ether oxygens (including phenoxy) is 1. The second kappa shape index (κ2) is 7.57. The molecular formula is C27H23ClFNO4. The number of carbonyl (C=O) groups is 2. The van der Waals surface area contributed by atoms with Crippen LogP contribution in [0.4, 0.5) is 15.8 Å². The van der Waals surface area contributed by atoms with Gasteiger partial charge in [0, 0.05) is 10.7 Å². The first-order valence-corrected chi connectivity index (χ1v) is 11.4. The van der Waals surface area contributed by atoms with Crippen molar-refractivity contribution in [2.45, 2.75) is 44.6 Å². The van der Waals surface area contributed by atoms with E-state index in [1.807, 2.05) is 25.1 Å². The van der Waals surface area contributed by atoms with E-state index >= 15 is 0 Å². The fraction of sp³-hybridized carbons (Fsp3) is 0.259. The third-order valence-corrected chi connectivity index (χ3v) is 7.06. The Kier molecular flexibility index (Phi) is 4.99. The van der Waals surface area contributed by atoms with Crippen LogP contribution in [0.15, 0.2) is 54.6 Å². The molecule has 0 aromatic heterocycles. The first kappa shape index (κ1) is 22.4. The van der Waals surface area contributed by atoms with E-state index in [0.717, 1.165) is 35.8 Å². The van der Waals surface area contributed by atoms with Gasteiger partial charge in [-0.1, -0.05) is 23.7 Å². The zero-order valence-electron chi connectivity index (χ0n) is 19.0. The summed E-state index contributed by atoms with van der Waals surface area (Å²) in [5.41, 5.74) is 1.54. The van der Waals surface area contributed by atoms with Crippen LogP contribution >= 0.6 is 11.6 Å². The summed E-state index contributed by atoms with van der Waals surface area (Å²) in [6, 6.07) is 14.6. The van der Waals surface area contributed by atoms with Crippen LogP contribution in [0.25, 0.3) is 0 Å². The smallest absolute Gasteiger partial charge is 0.338 e. The van der Waals surface area contributed by atoms with Crippen molar-refractivity contribution >= 4 is 34.9 Å². The Morgan fingerprint density at radius 2 is 1.85 bits per heavy atom. The van der Waals surface area contributed by atoms with Gasteiger partial charge in [0.2, 0.25) is 5.91 Å². The number of carboxylic acids is 1. The summed E-state index contributed by atoms with van der Waals surface area (Å²) in [5.74, 6) is -1.73. The largest absolute Gasteiger partial charge is 0.488 e. The minimum Gasteiger partial charge on any atom is -0.488 e. The summed E-state index contributed by atoms with van der Waals surface area (Å²) in [6.45, 7) is 5.94. The van der Waals surface area contributed by atoms with Crippen molar-refractivity contribution in [3.05, 3.63) is 87.7 Å². The van der Waals surface area contributed by atoms with Gasteiger partial charge >= 0.3 is 5.97 Å². The van der Waals surface area contributed by atoms with Crippen LogP contribution in [0.2, 0.25) is 5.02 Å². The standard InChI is InChI=1S/C27H23ClFNO4/c1-26(2)11-10-15-12-16(4-9-23(15)34-26)27(3)20-13-17(28)5-8-22(20)30(25(27)33)18-6-7-21(29)19(14-18)24(31)32/h4-9,12-14H,10-11H2,1-3H3,(H,31,32)/t27-/m0/s1. The van der Waals surface area contributed by atoms with E-state index < -0.39 is 22.8 Å². The number of aromatic carboxylic acids is 1. The average Bonchev–Trinajstić information content (AvgIpc) is 3.00. The lowest BCUT2D eigenvalue weighted by atomic mass is 9.76. The van der Waals surface area contributed by atoms with Crippen molar-refractivity contribution in [1.82, 2.24) is 0 Å². The summed E-state index contributed by atoms with van der Waals surface area (Å²) in [4.78, 5) is 27.0. The Morgan fingerprint density at radius 3 is 2.59 bits per heavy atom. The minimum atomic E-state index is -1.40. The molecule has 0 bridgehead atoms. The number of aryl methyl sites for hydroxylation is 1. The molecule has 1 amide bonds. The first-order valence-electron chi connectivity index (χ1n) is 11.0.